The average molecular weight is 570 g/mol. The number of urea groups is 1. The SMILES string of the molecule is O=C(NC(N(S)C(=O)Nc1ccc(O)c([N+](=O)[O-])c1)C(Cl)(Cl)Cl)C(c1ccccc1)c1ccccc1. The number of halogens is 3. The van der Waals surface area contributed by atoms with Crippen LogP contribution in [-0.4, -0.2) is 36.2 Å². The summed E-state index contributed by atoms with van der Waals surface area (Å²) in [5.41, 5.74) is 0.661. The van der Waals surface area contributed by atoms with Gasteiger partial charge in [0.15, 0.2) is 11.9 Å². The molecule has 0 aliphatic carbocycles. The fraction of sp³-hybridized carbons (Fsp3) is 0.130. The fourth-order valence-corrected chi connectivity index (χ4v) is 4.27. The Morgan fingerprint density at radius 3 is 1.97 bits per heavy atom. The lowest BCUT2D eigenvalue weighted by Crippen LogP contribution is -2.55. The van der Waals surface area contributed by atoms with Crippen LogP contribution in [0.25, 0.3) is 0 Å². The molecule has 3 aromatic carbocycles. The van der Waals surface area contributed by atoms with E-state index in [9.17, 15) is 24.8 Å². The molecule has 3 N–H and O–H groups in total. The quantitative estimate of drug-likeness (QED) is 0.0734. The van der Waals surface area contributed by atoms with Crippen molar-refractivity contribution in [3.63, 3.8) is 0 Å². The number of phenolic OH excluding ortho intramolecular Hbond substituents is 1. The zero-order chi connectivity index (χ0) is 26.5. The van der Waals surface area contributed by atoms with E-state index >= 15 is 0 Å². The van der Waals surface area contributed by atoms with Crippen molar-refractivity contribution in [3.05, 3.63) is 100 Å². The van der Waals surface area contributed by atoms with Crippen molar-refractivity contribution in [2.24, 2.45) is 0 Å². The maximum absolute atomic E-state index is 13.5. The van der Waals surface area contributed by atoms with Crippen molar-refractivity contribution in [2.45, 2.75) is 15.9 Å². The van der Waals surface area contributed by atoms with Gasteiger partial charge in [0.1, 0.15) is 0 Å². The first-order valence-electron chi connectivity index (χ1n) is 10.2. The van der Waals surface area contributed by atoms with Crippen LogP contribution >= 0.6 is 47.6 Å². The molecule has 3 amide bonds. The maximum atomic E-state index is 13.5. The number of anilines is 1. The van der Waals surface area contributed by atoms with Gasteiger partial charge >= 0.3 is 11.7 Å². The van der Waals surface area contributed by atoms with E-state index in [0.29, 0.717) is 15.4 Å². The number of benzene rings is 3. The van der Waals surface area contributed by atoms with E-state index in [1.165, 1.54) is 6.07 Å². The number of aromatic hydroxyl groups is 1. The van der Waals surface area contributed by atoms with Crippen molar-refractivity contribution in [1.82, 2.24) is 9.62 Å². The number of hydrogen-bond acceptors (Lipinski definition) is 6. The van der Waals surface area contributed by atoms with Crippen LogP contribution < -0.4 is 10.6 Å². The Balaban J connectivity index is 1.86. The summed E-state index contributed by atoms with van der Waals surface area (Å²) < 4.78 is -1.57. The van der Waals surface area contributed by atoms with Crippen LogP contribution in [0.3, 0.4) is 0 Å². The Morgan fingerprint density at radius 2 is 1.50 bits per heavy atom. The zero-order valence-corrected chi connectivity index (χ0v) is 21.4. The Labute approximate surface area is 226 Å². The lowest BCUT2D eigenvalue weighted by Gasteiger charge is -2.33. The number of carbonyl (C=O) groups is 2. The van der Waals surface area contributed by atoms with Gasteiger partial charge < -0.3 is 15.7 Å². The van der Waals surface area contributed by atoms with Gasteiger partial charge in [-0.25, -0.2) is 9.10 Å². The molecule has 0 aliphatic rings. The second-order valence-corrected chi connectivity index (χ2v) is 10.2. The first-order valence-corrected chi connectivity index (χ1v) is 11.8. The number of nitrogens with zero attached hydrogens (tertiary/aromatic N) is 2. The fourth-order valence-electron chi connectivity index (χ4n) is 3.33. The number of thiol groups is 1. The van der Waals surface area contributed by atoms with Crippen molar-refractivity contribution < 1.29 is 19.6 Å². The number of rotatable bonds is 7. The smallest absolute Gasteiger partial charge is 0.333 e. The van der Waals surface area contributed by atoms with Gasteiger partial charge in [0.05, 0.1) is 10.8 Å². The molecule has 13 heteroatoms. The summed E-state index contributed by atoms with van der Waals surface area (Å²) in [6, 6.07) is 20.0. The van der Waals surface area contributed by atoms with Crippen LogP contribution in [0, 0.1) is 10.1 Å². The van der Waals surface area contributed by atoms with Crippen LogP contribution in [0.2, 0.25) is 0 Å². The van der Waals surface area contributed by atoms with Gasteiger partial charge in [0.2, 0.25) is 9.70 Å². The Hall–Kier alpha value is -3.18. The Bertz CT molecular complexity index is 1210. The Morgan fingerprint density at radius 1 is 0.972 bits per heavy atom. The topological polar surface area (TPSA) is 125 Å². The van der Waals surface area contributed by atoms with E-state index in [1.54, 1.807) is 60.7 Å². The average Bonchev–Trinajstić information content (AvgIpc) is 2.84. The highest BCUT2D eigenvalue weighted by Gasteiger charge is 2.41. The van der Waals surface area contributed by atoms with Gasteiger partial charge in [-0.2, -0.15) is 0 Å². The third-order valence-corrected chi connectivity index (χ3v) is 6.03. The van der Waals surface area contributed by atoms with Gasteiger partial charge in [-0.3, -0.25) is 14.9 Å². The van der Waals surface area contributed by atoms with E-state index in [2.05, 4.69) is 23.4 Å². The van der Waals surface area contributed by atoms with Crippen molar-refractivity contribution in [1.29, 1.82) is 0 Å². The molecule has 0 bridgehead atoms. The van der Waals surface area contributed by atoms with Crippen LogP contribution in [0.4, 0.5) is 16.2 Å². The number of carbonyl (C=O) groups excluding carboxylic acids is 2. The molecule has 0 heterocycles. The van der Waals surface area contributed by atoms with Crippen LogP contribution in [-0.2, 0) is 4.79 Å². The summed E-state index contributed by atoms with van der Waals surface area (Å²) in [6.45, 7) is 0. The van der Waals surface area contributed by atoms with E-state index < -0.39 is 44.2 Å². The molecule has 3 aromatic rings. The zero-order valence-electron chi connectivity index (χ0n) is 18.2. The summed E-state index contributed by atoms with van der Waals surface area (Å²) in [5.74, 6) is -1.96. The maximum Gasteiger partial charge on any atom is 0.333 e. The molecule has 36 heavy (non-hydrogen) atoms. The molecule has 0 aliphatic heterocycles. The van der Waals surface area contributed by atoms with Crippen molar-refractivity contribution >= 4 is 70.9 Å². The molecule has 0 fully saturated rings. The summed E-state index contributed by atoms with van der Waals surface area (Å²) in [6.07, 6.45) is -1.56. The monoisotopic (exact) mass is 568 g/mol. The first kappa shape index (κ1) is 27.4. The minimum atomic E-state index is -2.21. The third kappa shape index (κ3) is 6.73. The molecule has 3 rings (SSSR count). The van der Waals surface area contributed by atoms with Crippen LogP contribution in [0.5, 0.6) is 5.75 Å². The second kappa shape index (κ2) is 11.7. The van der Waals surface area contributed by atoms with E-state index in [0.717, 1.165) is 12.1 Å². The van der Waals surface area contributed by atoms with Gasteiger partial charge in [-0.15, -0.1) is 0 Å². The number of amides is 3. The van der Waals surface area contributed by atoms with Gasteiger partial charge in [0, 0.05) is 11.8 Å². The minimum absolute atomic E-state index is 0.0376. The molecule has 0 aromatic heterocycles. The lowest BCUT2D eigenvalue weighted by molar-refractivity contribution is -0.385. The predicted molar refractivity (Wildman–Crippen MR) is 142 cm³/mol. The number of nitro groups is 1. The third-order valence-electron chi connectivity index (χ3n) is 4.99. The van der Waals surface area contributed by atoms with Crippen molar-refractivity contribution in [3.8, 4) is 5.75 Å². The van der Waals surface area contributed by atoms with E-state index in [4.69, 9.17) is 34.8 Å². The largest absolute Gasteiger partial charge is 0.502 e. The van der Waals surface area contributed by atoms with Gasteiger partial charge in [-0.1, -0.05) is 108 Å². The number of alkyl halides is 3. The summed E-state index contributed by atoms with van der Waals surface area (Å²) in [4.78, 5) is 36.5. The highest BCUT2D eigenvalue weighted by Crippen LogP contribution is 2.35. The molecular formula is C23H19Cl3N4O5S. The molecule has 0 saturated carbocycles. The molecule has 188 valence electrons. The number of hydrogen-bond donors (Lipinski definition) is 4. The number of phenols is 1. The van der Waals surface area contributed by atoms with Gasteiger partial charge in [-0.05, 0) is 23.3 Å². The first-order chi connectivity index (χ1) is 17.0. The molecule has 0 radical (unpaired) electrons. The highest BCUT2D eigenvalue weighted by molar-refractivity contribution is 7.78. The summed E-state index contributed by atoms with van der Waals surface area (Å²) >= 11 is 22.4. The summed E-state index contributed by atoms with van der Waals surface area (Å²) in [5, 5.41) is 25.6. The summed E-state index contributed by atoms with van der Waals surface area (Å²) in [7, 11) is 0. The predicted octanol–water partition coefficient (Wildman–Crippen LogP) is 5.62. The molecule has 1 atom stereocenters. The molecule has 9 nitrogen and oxygen atoms in total. The second-order valence-electron chi connectivity index (χ2n) is 7.44. The van der Waals surface area contributed by atoms with Crippen LogP contribution in [0.15, 0.2) is 78.9 Å². The molecule has 0 saturated heterocycles. The van der Waals surface area contributed by atoms with Crippen molar-refractivity contribution in [2.75, 3.05) is 5.32 Å². The normalized spacial score (nSPS) is 12.0. The lowest BCUT2D eigenvalue weighted by atomic mass is 9.90. The Kier molecular flexibility index (Phi) is 8.91. The minimum Gasteiger partial charge on any atom is -0.502 e. The van der Waals surface area contributed by atoms with Crippen LogP contribution in [0.1, 0.15) is 17.0 Å². The van der Waals surface area contributed by atoms with E-state index in [1.807, 2.05) is 0 Å². The number of nitrogens with one attached hydrogen (secondary N) is 2. The number of nitro benzene ring substituents is 1. The van der Waals surface area contributed by atoms with E-state index in [-0.39, 0.29) is 5.69 Å². The molecule has 0 spiro atoms. The standard InChI is InChI=1S/C23H19Cl3N4O5S/c24-23(25,26)21(29(36)22(33)27-16-11-12-18(31)17(13-16)30(34)35)28-20(32)19(14-7-3-1-4-8-14)15-9-5-2-6-10-15/h1-13,19,21,31,36H,(H,27,33)(H,28,32). The highest BCUT2D eigenvalue weighted by atomic mass is 35.6. The molecule has 1 unspecified atom stereocenters. The van der Waals surface area contributed by atoms with Gasteiger partial charge in [0.25, 0.3) is 0 Å². The molecular weight excluding hydrogens is 551 g/mol.